The van der Waals surface area contributed by atoms with Crippen molar-refractivity contribution in [3.8, 4) is 11.3 Å². The molecule has 0 atom stereocenters. The summed E-state index contributed by atoms with van der Waals surface area (Å²) in [5, 5.41) is 2.88. The number of benzene rings is 2. The van der Waals surface area contributed by atoms with Gasteiger partial charge in [-0.05, 0) is 37.5 Å². The Kier molecular flexibility index (Phi) is 7.01. The van der Waals surface area contributed by atoms with Gasteiger partial charge in [-0.1, -0.05) is 50.2 Å². The zero-order chi connectivity index (χ0) is 21.5. The first kappa shape index (κ1) is 21.3. The molecule has 3 rings (SSSR count). The van der Waals surface area contributed by atoms with Crippen molar-refractivity contribution in [2.75, 3.05) is 18.0 Å². The smallest absolute Gasteiger partial charge is 0.273 e. The van der Waals surface area contributed by atoms with Gasteiger partial charge in [0.2, 0.25) is 0 Å². The number of hydrogen-bond acceptors (Lipinski definition) is 4. The van der Waals surface area contributed by atoms with E-state index in [1.165, 1.54) is 6.39 Å². The van der Waals surface area contributed by atoms with Crippen LogP contribution in [-0.4, -0.2) is 29.9 Å². The van der Waals surface area contributed by atoms with Crippen molar-refractivity contribution in [3.63, 3.8) is 0 Å². The van der Waals surface area contributed by atoms with Crippen LogP contribution in [0.2, 0.25) is 0 Å². The Labute approximate surface area is 176 Å². The second-order valence-electron chi connectivity index (χ2n) is 7.40. The SMILES string of the molecule is CCN(C(=O)c1ccccc1-c1ocnc1C(=O)NCCC(C)C)c1ccccc1. The topological polar surface area (TPSA) is 75.4 Å². The van der Waals surface area contributed by atoms with Gasteiger partial charge in [0, 0.05) is 24.3 Å². The first-order valence-corrected chi connectivity index (χ1v) is 10.2. The van der Waals surface area contributed by atoms with Crippen molar-refractivity contribution in [3.05, 3.63) is 72.2 Å². The van der Waals surface area contributed by atoms with Gasteiger partial charge in [0.25, 0.3) is 11.8 Å². The summed E-state index contributed by atoms with van der Waals surface area (Å²) in [6, 6.07) is 16.6. The Hall–Kier alpha value is -3.41. The van der Waals surface area contributed by atoms with Crippen LogP contribution in [0.25, 0.3) is 11.3 Å². The van der Waals surface area contributed by atoms with Crippen molar-refractivity contribution in [1.82, 2.24) is 10.3 Å². The van der Waals surface area contributed by atoms with Gasteiger partial charge in [-0.2, -0.15) is 0 Å². The van der Waals surface area contributed by atoms with Gasteiger partial charge in [-0.15, -0.1) is 0 Å². The maximum atomic E-state index is 13.4. The van der Waals surface area contributed by atoms with Crippen LogP contribution in [0.1, 0.15) is 48.0 Å². The Bertz CT molecular complexity index is 996. The molecule has 2 amide bonds. The van der Waals surface area contributed by atoms with E-state index in [9.17, 15) is 9.59 Å². The number of nitrogens with zero attached hydrogens (tertiary/aromatic N) is 2. The number of aromatic nitrogens is 1. The molecule has 1 aromatic heterocycles. The van der Waals surface area contributed by atoms with Crippen molar-refractivity contribution in [1.29, 1.82) is 0 Å². The van der Waals surface area contributed by atoms with Gasteiger partial charge >= 0.3 is 0 Å². The minimum absolute atomic E-state index is 0.165. The molecule has 1 N–H and O–H groups in total. The largest absolute Gasteiger partial charge is 0.443 e. The second kappa shape index (κ2) is 9.87. The molecule has 0 bridgehead atoms. The van der Waals surface area contributed by atoms with E-state index < -0.39 is 0 Å². The van der Waals surface area contributed by atoms with Crippen molar-refractivity contribution in [2.24, 2.45) is 5.92 Å². The molecule has 0 unspecified atom stereocenters. The average Bonchev–Trinajstić information content (AvgIpc) is 3.24. The van der Waals surface area contributed by atoms with Crippen LogP contribution in [0.15, 0.2) is 65.4 Å². The number of para-hydroxylation sites is 1. The molecule has 2 aromatic carbocycles. The molecule has 30 heavy (non-hydrogen) atoms. The molecule has 0 fully saturated rings. The molecular weight excluding hydrogens is 378 g/mol. The molecule has 6 heteroatoms. The standard InChI is InChI=1S/C24H27N3O3/c1-4-27(18-10-6-5-7-11-18)24(29)20-13-9-8-12-19(20)22-21(26-16-30-22)23(28)25-15-14-17(2)3/h5-13,16-17H,4,14-15H2,1-3H3,(H,25,28). The number of nitrogens with one attached hydrogen (secondary N) is 1. The zero-order valence-corrected chi connectivity index (χ0v) is 17.6. The molecule has 0 saturated heterocycles. The van der Waals surface area contributed by atoms with Gasteiger partial charge < -0.3 is 14.6 Å². The lowest BCUT2D eigenvalue weighted by Gasteiger charge is -2.22. The molecule has 0 aliphatic carbocycles. The quantitative estimate of drug-likeness (QED) is 0.585. The van der Waals surface area contributed by atoms with Crippen molar-refractivity contribution >= 4 is 17.5 Å². The molecule has 6 nitrogen and oxygen atoms in total. The number of amides is 2. The van der Waals surface area contributed by atoms with E-state index in [1.54, 1.807) is 23.1 Å². The van der Waals surface area contributed by atoms with Crippen LogP contribution in [0.5, 0.6) is 0 Å². The number of rotatable bonds is 8. The van der Waals surface area contributed by atoms with Gasteiger partial charge in [0.15, 0.2) is 17.8 Å². The van der Waals surface area contributed by atoms with E-state index in [0.29, 0.717) is 35.9 Å². The van der Waals surface area contributed by atoms with Crippen LogP contribution in [0, 0.1) is 5.92 Å². The lowest BCUT2D eigenvalue weighted by molar-refractivity contribution is 0.0945. The lowest BCUT2D eigenvalue weighted by Crippen LogP contribution is -2.31. The Morgan fingerprint density at radius 3 is 2.47 bits per heavy atom. The van der Waals surface area contributed by atoms with Crippen LogP contribution in [0.4, 0.5) is 5.69 Å². The second-order valence-corrected chi connectivity index (χ2v) is 7.40. The van der Waals surface area contributed by atoms with E-state index in [0.717, 1.165) is 12.1 Å². The molecule has 0 aliphatic rings. The van der Waals surface area contributed by atoms with Crippen LogP contribution >= 0.6 is 0 Å². The highest BCUT2D eigenvalue weighted by Gasteiger charge is 2.25. The third-order valence-electron chi connectivity index (χ3n) is 4.82. The molecule has 0 radical (unpaired) electrons. The summed E-state index contributed by atoms with van der Waals surface area (Å²) in [6.07, 6.45) is 2.11. The normalized spacial score (nSPS) is 10.8. The molecule has 3 aromatic rings. The van der Waals surface area contributed by atoms with E-state index in [4.69, 9.17) is 4.42 Å². The van der Waals surface area contributed by atoms with E-state index in [1.807, 2.05) is 43.3 Å². The lowest BCUT2D eigenvalue weighted by atomic mass is 10.0. The molecule has 0 aliphatic heterocycles. The first-order chi connectivity index (χ1) is 14.5. The number of oxazole rings is 1. The van der Waals surface area contributed by atoms with E-state index >= 15 is 0 Å². The maximum Gasteiger partial charge on any atom is 0.273 e. The first-order valence-electron chi connectivity index (χ1n) is 10.2. The average molecular weight is 405 g/mol. The molecule has 1 heterocycles. The Morgan fingerprint density at radius 2 is 1.77 bits per heavy atom. The minimum atomic E-state index is -0.308. The summed E-state index contributed by atoms with van der Waals surface area (Å²) in [5.74, 6) is 0.308. The number of hydrogen-bond donors (Lipinski definition) is 1. The van der Waals surface area contributed by atoms with E-state index in [-0.39, 0.29) is 17.5 Å². The van der Waals surface area contributed by atoms with Crippen LogP contribution < -0.4 is 10.2 Å². The summed E-state index contributed by atoms with van der Waals surface area (Å²) >= 11 is 0. The molecule has 0 spiro atoms. The molecule has 0 saturated carbocycles. The predicted octanol–water partition coefficient (Wildman–Crippen LogP) is 4.78. The third kappa shape index (κ3) is 4.76. The maximum absolute atomic E-state index is 13.4. The highest BCUT2D eigenvalue weighted by atomic mass is 16.3. The fourth-order valence-electron chi connectivity index (χ4n) is 3.22. The summed E-state index contributed by atoms with van der Waals surface area (Å²) in [5.41, 5.74) is 1.99. The highest BCUT2D eigenvalue weighted by Crippen LogP contribution is 2.29. The van der Waals surface area contributed by atoms with Gasteiger partial charge in [-0.3, -0.25) is 9.59 Å². The highest BCUT2D eigenvalue weighted by molar-refractivity contribution is 6.11. The van der Waals surface area contributed by atoms with E-state index in [2.05, 4.69) is 24.1 Å². The molecular formula is C24H27N3O3. The number of carbonyl (C=O) groups is 2. The summed E-state index contributed by atoms with van der Waals surface area (Å²) in [7, 11) is 0. The van der Waals surface area contributed by atoms with Gasteiger partial charge in [-0.25, -0.2) is 4.98 Å². The monoisotopic (exact) mass is 405 g/mol. The van der Waals surface area contributed by atoms with Gasteiger partial charge in [0.05, 0.1) is 5.56 Å². The number of anilines is 1. The summed E-state index contributed by atoms with van der Waals surface area (Å²) in [6.45, 7) is 7.19. The third-order valence-corrected chi connectivity index (χ3v) is 4.82. The number of carbonyl (C=O) groups excluding carboxylic acids is 2. The van der Waals surface area contributed by atoms with Gasteiger partial charge in [0.1, 0.15) is 0 Å². The zero-order valence-electron chi connectivity index (χ0n) is 17.6. The van der Waals surface area contributed by atoms with Crippen molar-refractivity contribution < 1.29 is 14.0 Å². The summed E-state index contributed by atoms with van der Waals surface area (Å²) in [4.78, 5) is 31.8. The van der Waals surface area contributed by atoms with Crippen LogP contribution in [0.3, 0.4) is 0 Å². The predicted molar refractivity (Wildman–Crippen MR) is 118 cm³/mol. The molecule has 156 valence electrons. The fourth-order valence-corrected chi connectivity index (χ4v) is 3.22. The van der Waals surface area contributed by atoms with Crippen molar-refractivity contribution in [2.45, 2.75) is 27.2 Å². The fraction of sp³-hybridized carbons (Fsp3) is 0.292. The van der Waals surface area contributed by atoms with Crippen LogP contribution in [-0.2, 0) is 0 Å². The summed E-state index contributed by atoms with van der Waals surface area (Å²) < 4.78 is 5.57. The Morgan fingerprint density at radius 1 is 1.07 bits per heavy atom. The minimum Gasteiger partial charge on any atom is -0.443 e. The Balaban J connectivity index is 1.92.